The number of carboxylic acids is 1. The average molecular weight is 332 g/mol. The van der Waals surface area contributed by atoms with Crippen molar-refractivity contribution in [3.8, 4) is 0 Å². The summed E-state index contributed by atoms with van der Waals surface area (Å²) in [5.74, 6) is -2.57. The summed E-state index contributed by atoms with van der Waals surface area (Å²) in [5.41, 5.74) is 0.160. The Morgan fingerprint density at radius 1 is 1.42 bits per heavy atom. The molecule has 104 valence electrons. The van der Waals surface area contributed by atoms with Crippen molar-refractivity contribution in [2.24, 2.45) is 5.92 Å². The molecule has 0 fully saturated rings. The summed E-state index contributed by atoms with van der Waals surface area (Å²) < 4.78 is 13.6. The van der Waals surface area contributed by atoms with Crippen molar-refractivity contribution in [1.82, 2.24) is 5.32 Å². The summed E-state index contributed by atoms with van der Waals surface area (Å²) in [6, 6.07) is 3.83. The Bertz CT molecular complexity index is 459. The monoisotopic (exact) mass is 331 g/mol. The van der Waals surface area contributed by atoms with Gasteiger partial charge in [0.2, 0.25) is 0 Å². The summed E-state index contributed by atoms with van der Waals surface area (Å²) in [6.45, 7) is 1.91. The lowest BCUT2D eigenvalue weighted by molar-refractivity contribution is -0.141. The van der Waals surface area contributed by atoms with Gasteiger partial charge in [-0.25, -0.2) is 4.39 Å². The Hall–Kier alpha value is -1.43. The van der Waals surface area contributed by atoms with Crippen molar-refractivity contribution in [2.75, 3.05) is 6.54 Å². The van der Waals surface area contributed by atoms with E-state index in [0.717, 1.165) is 12.5 Å². The highest BCUT2D eigenvalue weighted by Crippen LogP contribution is 2.15. The highest BCUT2D eigenvalue weighted by atomic mass is 79.9. The van der Waals surface area contributed by atoms with Crippen molar-refractivity contribution in [1.29, 1.82) is 0 Å². The van der Waals surface area contributed by atoms with Crippen LogP contribution in [0, 0.1) is 11.7 Å². The molecule has 2 N–H and O–H groups in total. The summed E-state index contributed by atoms with van der Waals surface area (Å²) in [4.78, 5) is 22.7. The van der Waals surface area contributed by atoms with Gasteiger partial charge in [0.15, 0.2) is 0 Å². The van der Waals surface area contributed by atoms with Crippen LogP contribution >= 0.6 is 15.9 Å². The molecule has 4 nitrogen and oxygen atoms in total. The van der Waals surface area contributed by atoms with E-state index < -0.39 is 23.6 Å². The number of nitrogens with one attached hydrogen (secondary N) is 1. The molecule has 0 aromatic heterocycles. The van der Waals surface area contributed by atoms with E-state index in [1.165, 1.54) is 12.1 Å². The first-order chi connectivity index (χ1) is 8.93. The fraction of sp³-hybridized carbons (Fsp3) is 0.385. The molecule has 0 aliphatic heterocycles. The standard InChI is InChI=1S/C13H15BrFNO3/c1-2-3-8(13(18)19)7-16-12(17)9-4-10(14)6-11(15)5-9/h4-6,8H,2-3,7H2,1H3,(H,16,17)(H,18,19). The van der Waals surface area contributed by atoms with Gasteiger partial charge in [0.25, 0.3) is 5.91 Å². The summed E-state index contributed by atoms with van der Waals surface area (Å²) >= 11 is 3.10. The second-order valence-electron chi connectivity index (χ2n) is 4.19. The quantitative estimate of drug-likeness (QED) is 0.842. The molecule has 6 heteroatoms. The number of rotatable bonds is 6. The number of aliphatic carboxylic acids is 1. The fourth-order valence-corrected chi connectivity index (χ4v) is 2.13. The van der Waals surface area contributed by atoms with Crippen LogP contribution < -0.4 is 5.32 Å². The molecule has 19 heavy (non-hydrogen) atoms. The Balaban J connectivity index is 2.66. The first kappa shape index (κ1) is 15.6. The molecule has 0 radical (unpaired) electrons. The zero-order valence-corrected chi connectivity index (χ0v) is 12.0. The lowest BCUT2D eigenvalue weighted by atomic mass is 10.0. The van der Waals surface area contributed by atoms with Crippen molar-refractivity contribution >= 4 is 27.8 Å². The SMILES string of the molecule is CCCC(CNC(=O)c1cc(F)cc(Br)c1)C(=O)O. The Morgan fingerprint density at radius 3 is 2.63 bits per heavy atom. The van der Waals surface area contributed by atoms with Crippen LogP contribution in [0.2, 0.25) is 0 Å². The predicted octanol–water partition coefficient (Wildman–Crippen LogP) is 2.82. The largest absolute Gasteiger partial charge is 0.481 e. The molecule has 0 heterocycles. The number of amides is 1. The minimum atomic E-state index is -0.942. The summed E-state index contributed by atoms with van der Waals surface area (Å²) in [5, 5.41) is 11.5. The van der Waals surface area contributed by atoms with Crippen LogP contribution in [0.1, 0.15) is 30.1 Å². The van der Waals surface area contributed by atoms with E-state index in [1.807, 2.05) is 6.92 Å². The molecule has 0 spiro atoms. The van der Waals surface area contributed by atoms with Gasteiger partial charge in [0, 0.05) is 16.6 Å². The van der Waals surface area contributed by atoms with E-state index in [-0.39, 0.29) is 12.1 Å². The van der Waals surface area contributed by atoms with Crippen LogP contribution in [0.15, 0.2) is 22.7 Å². The third-order valence-corrected chi connectivity index (χ3v) is 3.08. The maximum atomic E-state index is 13.1. The first-order valence-corrected chi connectivity index (χ1v) is 6.70. The topological polar surface area (TPSA) is 66.4 Å². The molecule has 0 saturated carbocycles. The molecular formula is C13H15BrFNO3. The van der Waals surface area contributed by atoms with Gasteiger partial charge < -0.3 is 10.4 Å². The van der Waals surface area contributed by atoms with Crippen LogP contribution in [-0.4, -0.2) is 23.5 Å². The molecule has 0 aliphatic carbocycles. The van der Waals surface area contributed by atoms with Crippen molar-refractivity contribution < 1.29 is 19.1 Å². The average Bonchev–Trinajstić information content (AvgIpc) is 2.32. The van der Waals surface area contributed by atoms with Crippen molar-refractivity contribution in [2.45, 2.75) is 19.8 Å². The summed E-state index contributed by atoms with van der Waals surface area (Å²) in [7, 11) is 0. The molecule has 1 rings (SSSR count). The summed E-state index contributed by atoms with van der Waals surface area (Å²) in [6.07, 6.45) is 1.21. The van der Waals surface area contributed by atoms with E-state index in [2.05, 4.69) is 21.2 Å². The highest BCUT2D eigenvalue weighted by Gasteiger charge is 2.18. The maximum Gasteiger partial charge on any atom is 0.308 e. The second-order valence-corrected chi connectivity index (χ2v) is 5.11. The van der Waals surface area contributed by atoms with Crippen LogP contribution in [0.5, 0.6) is 0 Å². The van der Waals surface area contributed by atoms with Crippen molar-refractivity contribution in [3.63, 3.8) is 0 Å². The Morgan fingerprint density at radius 2 is 2.11 bits per heavy atom. The molecule has 1 aromatic rings. The number of carbonyl (C=O) groups excluding carboxylic acids is 1. The van der Waals surface area contributed by atoms with E-state index in [0.29, 0.717) is 10.9 Å². The molecule has 0 aliphatic rings. The lowest BCUT2D eigenvalue weighted by Gasteiger charge is -2.12. The number of benzene rings is 1. The second kappa shape index (κ2) is 7.23. The number of carboxylic acid groups (broad SMARTS) is 1. The van der Waals surface area contributed by atoms with Gasteiger partial charge in [-0.2, -0.15) is 0 Å². The molecule has 1 unspecified atom stereocenters. The maximum absolute atomic E-state index is 13.1. The van der Waals surface area contributed by atoms with Gasteiger partial charge in [0.1, 0.15) is 5.82 Å². The number of halogens is 2. The van der Waals surface area contributed by atoms with E-state index in [4.69, 9.17) is 5.11 Å². The molecule has 1 aromatic carbocycles. The van der Waals surface area contributed by atoms with Gasteiger partial charge in [0.05, 0.1) is 5.92 Å². The molecule has 0 bridgehead atoms. The molecule has 1 atom stereocenters. The normalized spacial score (nSPS) is 11.9. The number of carbonyl (C=O) groups is 2. The molecule has 0 saturated heterocycles. The van der Waals surface area contributed by atoms with Crippen LogP contribution in [-0.2, 0) is 4.79 Å². The number of hydrogen-bond acceptors (Lipinski definition) is 2. The molecular weight excluding hydrogens is 317 g/mol. The fourth-order valence-electron chi connectivity index (χ4n) is 1.66. The van der Waals surface area contributed by atoms with E-state index in [9.17, 15) is 14.0 Å². The van der Waals surface area contributed by atoms with E-state index >= 15 is 0 Å². The minimum Gasteiger partial charge on any atom is -0.481 e. The van der Waals surface area contributed by atoms with E-state index in [1.54, 1.807) is 0 Å². The third kappa shape index (κ3) is 4.98. The Kier molecular flexibility index (Phi) is 5.95. The highest BCUT2D eigenvalue weighted by molar-refractivity contribution is 9.10. The Labute approximate surface area is 119 Å². The zero-order chi connectivity index (χ0) is 14.4. The minimum absolute atomic E-state index is 0.0378. The zero-order valence-electron chi connectivity index (χ0n) is 10.5. The van der Waals surface area contributed by atoms with Crippen LogP contribution in [0.25, 0.3) is 0 Å². The van der Waals surface area contributed by atoms with Gasteiger partial charge in [-0.05, 0) is 24.6 Å². The number of hydrogen-bond donors (Lipinski definition) is 2. The van der Waals surface area contributed by atoms with Gasteiger partial charge in [-0.1, -0.05) is 29.3 Å². The van der Waals surface area contributed by atoms with Crippen LogP contribution in [0.4, 0.5) is 4.39 Å². The van der Waals surface area contributed by atoms with Gasteiger partial charge in [-0.15, -0.1) is 0 Å². The predicted molar refractivity (Wildman–Crippen MR) is 72.5 cm³/mol. The lowest BCUT2D eigenvalue weighted by Crippen LogP contribution is -2.33. The van der Waals surface area contributed by atoms with Crippen molar-refractivity contribution in [3.05, 3.63) is 34.1 Å². The first-order valence-electron chi connectivity index (χ1n) is 5.91. The third-order valence-electron chi connectivity index (χ3n) is 2.62. The van der Waals surface area contributed by atoms with Gasteiger partial charge >= 0.3 is 5.97 Å². The smallest absolute Gasteiger partial charge is 0.308 e. The molecule has 1 amide bonds. The van der Waals surface area contributed by atoms with Gasteiger partial charge in [-0.3, -0.25) is 9.59 Å². The van der Waals surface area contributed by atoms with Crippen LogP contribution in [0.3, 0.4) is 0 Å².